The van der Waals surface area contributed by atoms with E-state index in [0.29, 0.717) is 16.7 Å². The van der Waals surface area contributed by atoms with E-state index >= 15 is 0 Å². The predicted molar refractivity (Wildman–Crippen MR) is 124 cm³/mol. The molecule has 0 spiro atoms. The summed E-state index contributed by atoms with van der Waals surface area (Å²) in [7, 11) is 0. The summed E-state index contributed by atoms with van der Waals surface area (Å²) in [5.74, 6) is 1.27. The van der Waals surface area contributed by atoms with E-state index in [-0.39, 0.29) is 6.23 Å². The molecule has 0 aliphatic carbocycles. The molecule has 0 radical (unpaired) electrons. The van der Waals surface area contributed by atoms with E-state index in [1.165, 1.54) is 11.1 Å². The summed E-state index contributed by atoms with van der Waals surface area (Å²) in [5.41, 5.74) is 7.18. The van der Waals surface area contributed by atoms with Crippen molar-refractivity contribution in [2.75, 3.05) is 5.32 Å². The van der Waals surface area contributed by atoms with Crippen molar-refractivity contribution >= 4 is 17.4 Å². The lowest BCUT2D eigenvalue weighted by atomic mass is 10.0. The second kappa shape index (κ2) is 8.40. The van der Waals surface area contributed by atoms with Gasteiger partial charge in [0.25, 0.3) is 0 Å². The third kappa shape index (κ3) is 4.11. The molecule has 2 heterocycles. The SMILES string of the molecule is Cc1ccc(C)c([C@@H]2Nc3ccccc3-c3nnc(SCc4ccccc4)nc3O2)c1. The maximum Gasteiger partial charge on any atom is 0.247 e. The van der Waals surface area contributed by atoms with Gasteiger partial charge in [0.2, 0.25) is 11.0 Å². The van der Waals surface area contributed by atoms with E-state index in [1.807, 2.05) is 42.5 Å². The van der Waals surface area contributed by atoms with Gasteiger partial charge in [-0.15, -0.1) is 10.2 Å². The minimum Gasteiger partial charge on any atom is -0.448 e. The standard InChI is InChI=1S/C25H22N4OS/c1-16-12-13-17(2)20(14-16)23-26-21-11-7-6-10-19(21)22-24(30-23)27-25(29-28-22)31-15-18-8-4-3-5-9-18/h3-14,23,26H,15H2,1-2H3/t23-/m1/s1. The third-order valence-corrected chi connectivity index (χ3v) is 6.17. The van der Waals surface area contributed by atoms with Crippen LogP contribution < -0.4 is 10.1 Å². The van der Waals surface area contributed by atoms with Gasteiger partial charge in [0.15, 0.2) is 11.9 Å². The van der Waals surface area contributed by atoms with Gasteiger partial charge in [0.1, 0.15) is 0 Å². The molecule has 4 aromatic rings. The molecule has 1 aliphatic heterocycles. The number of nitrogens with one attached hydrogen (secondary N) is 1. The van der Waals surface area contributed by atoms with Gasteiger partial charge < -0.3 is 10.1 Å². The zero-order valence-electron chi connectivity index (χ0n) is 17.4. The molecule has 1 atom stereocenters. The highest BCUT2D eigenvalue weighted by Gasteiger charge is 2.26. The first-order chi connectivity index (χ1) is 15.2. The highest BCUT2D eigenvalue weighted by Crippen LogP contribution is 2.40. The van der Waals surface area contributed by atoms with Crippen molar-refractivity contribution in [1.82, 2.24) is 15.2 Å². The van der Waals surface area contributed by atoms with E-state index in [1.54, 1.807) is 11.8 Å². The first-order valence-electron chi connectivity index (χ1n) is 10.2. The van der Waals surface area contributed by atoms with Crippen LogP contribution in [0.5, 0.6) is 5.88 Å². The van der Waals surface area contributed by atoms with Gasteiger partial charge in [-0.05, 0) is 31.0 Å². The van der Waals surface area contributed by atoms with Gasteiger partial charge >= 0.3 is 0 Å². The number of aromatic nitrogens is 3. The smallest absolute Gasteiger partial charge is 0.247 e. The summed E-state index contributed by atoms with van der Waals surface area (Å²) >= 11 is 1.55. The molecule has 154 valence electrons. The molecule has 31 heavy (non-hydrogen) atoms. The van der Waals surface area contributed by atoms with Crippen molar-refractivity contribution in [2.24, 2.45) is 0 Å². The molecule has 6 heteroatoms. The number of aryl methyl sites for hydroxylation is 2. The lowest BCUT2D eigenvalue weighted by Gasteiger charge is -2.21. The highest BCUT2D eigenvalue weighted by molar-refractivity contribution is 7.98. The lowest BCUT2D eigenvalue weighted by molar-refractivity contribution is 0.224. The van der Waals surface area contributed by atoms with Crippen molar-refractivity contribution < 1.29 is 4.74 Å². The van der Waals surface area contributed by atoms with E-state index < -0.39 is 0 Å². The number of rotatable bonds is 4. The average Bonchev–Trinajstić information content (AvgIpc) is 2.96. The van der Waals surface area contributed by atoms with Crippen molar-refractivity contribution in [3.63, 3.8) is 0 Å². The molecule has 1 N–H and O–H groups in total. The van der Waals surface area contributed by atoms with Crippen LogP contribution in [0.25, 0.3) is 11.3 Å². The number of fused-ring (bicyclic) bond motifs is 3. The maximum atomic E-state index is 6.42. The zero-order valence-corrected chi connectivity index (χ0v) is 18.2. The molecule has 0 amide bonds. The van der Waals surface area contributed by atoms with Crippen LogP contribution in [-0.4, -0.2) is 15.2 Å². The van der Waals surface area contributed by atoms with Crippen LogP contribution in [0.3, 0.4) is 0 Å². The Morgan fingerprint density at radius 3 is 2.61 bits per heavy atom. The van der Waals surface area contributed by atoms with Crippen LogP contribution in [0.15, 0.2) is 78.0 Å². The number of ether oxygens (including phenoxy) is 1. The quantitative estimate of drug-likeness (QED) is 0.407. The largest absolute Gasteiger partial charge is 0.448 e. The lowest BCUT2D eigenvalue weighted by Crippen LogP contribution is -2.18. The fourth-order valence-corrected chi connectivity index (χ4v) is 4.35. The number of para-hydroxylation sites is 1. The average molecular weight is 427 g/mol. The Hall–Kier alpha value is -3.38. The van der Waals surface area contributed by atoms with Crippen LogP contribution in [-0.2, 0) is 5.75 Å². The highest BCUT2D eigenvalue weighted by atomic mass is 32.2. The van der Waals surface area contributed by atoms with Crippen molar-refractivity contribution in [3.05, 3.63) is 95.1 Å². The molecular formula is C25H22N4OS. The van der Waals surface area contributed by atoms with Crippen LogP contribution in [0.4, 0.5) is 5.69 Å². The van der Waals surface area contributed by atoms with Gasteiger partial charge in [-0.1, -0.05) is 84.1 Å². The second-order valence-electron chi connectivity index (χ2n) is 7.57. The Kier molecular flexibility index (Phi) is 5.30. The van der Waals surface area contributed by atoms with Gasteiger partial charge in [0.05, 0.1) is 0 Å². The summed E-state index contributed by atoms with van der Waals surface area (Å²) < 4.78 is 6.42. The van der Waals surface area contributed by atoms with Gasteiger partial charge in [-0.25, -0.2) is 0 Å². The minimum atomic E-state index is -0.369. The second-order valence-corrected chi connectivity index (χ2v) is 8.51. The topological polar surface area (TPSA) is 59.9 Å². The molecule has 0 saturated heterocycles. The molecular weight excluding hydrogens is 404 g/mol. The molecule has 5 nitrogen and oxygen atoms in total. The Labute approximate surface area is 185 Å². The van der Waals surface area contributed by atoms with E-state index in [4.69, 9.17) is 9.72 Å². The molecule has 5 rings (SSSR count). The summed E-state index contributed by atoms with van der Waals surface area (Å²) in [5, 5.41) is 13.0. The van der Waals surface area contributed by atoms with Crippen molar-refractivity contribution in [3.8, 4) is 17.1 Å². The number of thioether (sulfide) groups is 1. The summed E-state index contributed by atoms with van der Waals surface area (Å²) in [6.07, 6.45) is -0.369. The summed E-state index contributed by atoms with van der Waals surface area (Å²) in [6.45, 7) is 4.18. The Morgan fingerprint density at radius 1 is 0.935 bits per heavy atom. The first-order valence-corrected chi connectivity index (χ1v) is 11.2. The fourth-order valence-electron chi connectivity index (χ4n) is 3.61. The summed E-state index contributed by atoms with van der Waals surface area (Å²) in [6, 6.07) is 24.7. The zero-order chi connectivity index (χ0) is 21.2. The number of nitrogens with zero attached hydrogens (tertiary/aromatic N) is 3. The molecule has 0 saturated carbocycles. The number of anilines is 1. The maximum absolute atomic E-state index is 6.42. The van der Waals surface area contributed by atoms with Crippen molar-refractivity contribution in [1.29, 1.82) is 0 Å². The number of hydrogen-bond donors (Lipinski definition) is 1. The van der Waals surface area contributed by atoms with E-state index in [9.17, 15) is 0 Å². The normalized spacial score (nSPS) is 14.6. The molecule has 3 aromatic carbocycles. The number of benzene rings is 3. The van der Waals surface area contributed by atoms with Crippen LogP contribution >= 0.6 is 11.8 Å². The fraction of sp³-hybridized carbons (Fsp3) is 0.160. The molecule has 0 fully saturated rings. The third-order valence-electron chi connectivity index (χ3n) is 5.26. The van der Waals surface area contributed by atoms with E-state index in [0.717, 1.165) is 28.1 Å². The van der Waals surface area contributed by atoms with E-state index in [2.05, 4.69) is 59.7 Å². The minimum absolute atomic E-state index is 0.369. The molecule has 0 bridgehead atoms. The molecule has 0 unspecified atom stereocenters. The van der Waals surface area contributed by atoms with Crippen LogP contribution in [0.1, 0.15) is 28.5 Å². The summed E-state index contributed by atoms with van der Waals surface area (Å²) in [4.78, 5) is 4.74. The number of hydrogen-bond acceptors (Lipinski definition) is 6. The Morgan fingerprint density at radius 2 is 1.74 bits per heavy atom. The monoisotopic (exact) mass is 426 g/mol. The van der Waals surface area contributed by atoms with Gasteiger partial charge in [-0.2, -0.15) is 4.98 Å². The predicted octanol–water partition coefficient (Wildman–Crippen LogP) is 5.95. The van der Waals surface area contributed by atoms with Gasteiger partial charge in [-0.3, -0.25) is 0 Å². The molecule has 1 aromatic heterocycles. The van der Waals surface area contributed by atoms with Gasteiger partial charge in [0, 0.05) is 22.6 Å². The first kappa shape index (κ1) is 19.6. The van der Waals surface area contributed by atoms with Crippen molar-refractivity contribution in [2.45, 2.75) is 31.0 Å². The Bertz CT molecular complexity index is 1230. The molecule has 1 aliphatic rings. The Balaban J connectivity index is 1.53. The van der Waals surface area contributed by atoms with Crippen LogP contribution in [0, 0.1) is 13.8 Å². The van der Waals surface area contributed by atoms with Crippen LogP contribution in [0.2, 0.25) is 0 Å².